The minimum Gasteiger partial charge on any atom is -0.374 e. The van der Waals surface area contributed by atoms with E-state index in [0.29, 0.717) is 24.9 Å². The van der Waals surface area contributed by atoms with E-state index in [9.17, 15) is 24.0 Å². The van der Waals surface area contributed by atoms with Gasteiger partial charge < -0.3 is 15.5 Å². The van der Waals surface area contributed by atoms with Gasteiger partial charge in [0.05, 0.1) is 6.54 Å². The van der Waals surface area contributed by atoms with Crippen LogP contribution in [0.15, 0.2) is 24.4 Å². The van der Waals surface area contributed by atoms with Crippen molar-refractivity contribution >= 4 is 30.1 Å². The summed E-state index contributed by atoms with van der Waals surface area (Å²) < 4.78 is 0. The third-order valence-corrected chi connectivity index (χ3v) is 4.04. The molecule has 0 aliphatic carbocycles. The molecule has 10 heteroatoms. The molecular formula is C21H34N4O6. The van der Waals surface area contributed by atoms with Crippen molar-refractivity contribution in [3.63, 3.8) is 0 Å². The Kier molecular flexibility index (Phi) is 14.0. The van der Waals surface area contributed by atoms with E-state index in [1.165, 1.54) is 12.2 Å². The maximum absolute atomic E-state index is 12.2. The van der Waals surface area contributed by atoms with Crippen LogP contribution in [0.5, 0.6) is 0 Å². The topological polar surface area (TPSA) is 134 Å². The number of nitrogens with zero attached hydrogens (tertiary/aromatic N) is 1. The lowest BCUT2D eigenvalue weighted by atomic mass is 10.0. The number of allylic oxidation sites excluding steroid dienone is 1. The Morgan fingerprint density at radius 1 is 1.13 bits per heavy atom. The Hall–Kier alpha value is -3.17. The van der Waals surface area contributed by atoms with Crippen molar-refractivity contribution in [2.24, 2.45) is 5.92 Å². The maximum Gasteiger partial charge on any atom is 0.354 e. The van der Waals surface area contributed by atoms with Crippen LogP contribution < -0.4 is 16.1 Å². The fourth-order valence-corrected chi connectivity index (χ4v) is 2.37. The van der Waals surface area contributed by atoms with E-state index in [-0.39, 0.29) is 43.7 Å². The molecule has 4 amide bonds. The van der Waals surface area contributed by atoms with Crippen molar-refractivity contribution in [2.75, 3.05) is 13.1 Å². The van der Waals surface area contributed by atoms with E-state index in [4.69, 9.17) is 4.84 Å². The summed E-state index contributed by atoms with van der Waals surface area (Å²) in [5.41, 5.74) is 2.50. The molecule has 0 aliphatic rings. The molecule has 1 unspecified atom stereocenters. The number of hydrogen-bond acceptors (Lipinski definition) is 7. The van der Waals surface area contributed by atoms with Gasteiger partial charge in [0, 0.05) is 25.1 Å². The first-order chi connectivity index (χ1) is 14.7. The predicted octanol–water partition coefficient (Wildman–Crippen LogP) is 0.946. The number of hydrogen-bond donors (Lipinski definition) is 3. The number of carbonyl (C=O) groups excluding carboxylic acids is 5. The van der Waals surface area contributed by atoms with E-state index in [1.807, 2.05) is 6.92 Å². The monoisotopic (exact) mass is 438 g/mol. The summed E-state index contributed by atoms with van der Waals surface area (Å²) in [5.74, 6) is -1.93. The highest BCUT2D eigenvalue weighted by molar-refractivity contribution is 5.94. The van der Waals surface area contributed by atoms with Crippen LogP contribution in [0.3, 0.4) is 0 Å². The Morgan fingerprint density at radius 2 is 1.81 bits per heavy atom. The molecule has 0 aromatic carbocycles. The second-order valence-electron chi connectivity index (χ2n) is 7.18. The summed E-state index contributed by atoms with van der Waals surface area (Å²) in [7, 11) is 0. The fourth-order valence-electron chi connectivity index (χ4n) is 2.37. The minimum atomic E-state index is -0.759. The van der Waals surface area contributed by atoms with E-state index in [1.54, 1.807) is 20.8 Å². The molecule has 0 aliphatic heterocycles. The number of nitrogens with one attached hydrogen (secondary N) is 3. The molecule has 0 aromatic heterocycles. The zero-order valence-corrected chi connectivity index (χ0v) is 18.7. The Balaban J connectivity index is 4.41. The summed E-state index contributed by atoms with van der Waals surface area (Å²) >= 11 is 0. The maximum atomic E-state index is 12.2. The van der Waals surface area contributed by atoms with Crippen LogP contribution in [-0.2, 0) is 28.8 Å². The molecule has 0 spiro atoms. The SMILES string of the molecule is C=C(CNC(=O)CCCN(C=O)C(=O)/C=C\C)NC(C(=O)ONC(=O)CCC)C(C)C. The van der Waals surface area contributed by atoms with Crippen LogP contribution in [0.1, 0.15) is 53.4 Å². The van der Waals surface area contributed by atoms with Gasteiger partial charge in [-0.3, -0.25) is 24.1 Å². The summed E-state index contributed by atoms with van der Waals surface area (Å²) in [6.45, 7) is 11.1. The number of hydroxylamine groups is 1. The zero-order chi connectivity index (χ0) is 23.8. The number of rotatable bonds is 14. The molecule has 3 N–H and O–H groups in total. The number of amides is 4. The Labute approximate surface area is 183 Å². The molecule has 0 radical (unpaired) electrons. The van der Waals surface area contributed by atoms with Gasteiger partial charge >= 0.3 is 5.97 Å². The highest BCUT2D eigenvalue weighted by Crippen LogP contribution is 2.06. The quantitative estimate of drug-likeness (QED) is 0.209. The van der Waals surface area contributed by atoms with E-state index >= 15 is 0 Å². The van der Waals surface area contributed by atoms with Gasteiger partial charge in [-0.1, -0.05) is 33.4 Å². The van der Waals surface area contributed by atoms with Crippen molar-refractivity contribution in [2.45, 2.75) is 59.4 Å². The first-order valence-corrected chi connectivity index (χ1v) is 10.2. The van der Waals surface area contributed by atoms with Crippen LogP contribution in [0.25, 0.3) is 0 Å². The molecule has 0 saturated carbocycles. The average molecular weight is 439 g/mol. The number of carbonyl (C=O) groups is 5. The molecule has 0 aromatic rings. The fraction of sp³-hybridized carbons (Fsp3) is 0.571. The van der Waals surface area contributed by atoms with Crippen molar-refractivity contribution in [3.8, 4) is 0 Å². The van der Waals surface area contributed by atoms with Gasteiger partial charge in [0.25, 0.3) is 11.8 Å². The van der Waals surface area contributed by atoms with Crippen molar-refractivity contribution in [3.05, 3.63) is 24.4 Å². The molecule has 0 rings (SSSR count). The van der Waals surface area contributed by atoms with Gasteiger partial charge in [0.1, 0.15) is 6.04 Å². The third kappa shape index (κ3) is 12.2. The van der Waals surface area contributed by atoms with Gasteiger partial charge in [0.15, 0.2) is 0 Å². The Bertz CT molecular complexity index is 675. The lowest BCUT2D eigenvalue weighted by Crippen LogP contribution is -2.45. The van der Waals surface area contributed by atoms with E-state index in [2.05, 4.69) is 22.7 Å². The first kappa shape index (κ1) is 27.8. The zero-order valence-electron chi connectivity index (χ0n) is 18.7. The Morgan fingerprint density at radius 3 is 2.35 bits per heavy atom. The van der Waals surface area contributed by atoms with Crippen molar-refractivity contribution in [1.82, 2.24) is 21.0 Å². The van der Waals surface area contributed by atoms with Gasteiger partial charge in [-0.15, -0.1) is 0 Å². The second kappa shape index (κ2) is 15.6. The second-order valence-corrected chi connectivity index (χ2v) is 7.18. The largest absolute Gasteiger partial charge is 0.374 e. The standard InChI is InChI=1S/C21H34N4O6/c1-6-9-18(28)24-31-21(30)20(15(3)4)23-16(5)13-22-17(27)11-8-12-25(14-26)19(29)10-7-2/h7,10,14-15,20,23H,5-6,8-9,11-13H2,1-4H3,(H,22,27)(H,24,28)/b10-7-. The summed E-state index contributed by atoms with van der Waals surface area (Å²) in [5, 5.41) is 5.55. The van der Waals surface area contributed by atoms with Crippen LogP contribution >= 0.6 is 0 Å². The summed E-state index contributed by atoms with van der Waals surface area (Å²) in [6.07, 6.45) is 4.54. The molecule has 1 atom stereocenters. The molecule has 10 nitrogen and oxygen atoms in total. The van der Waals surface area contributed by atoms with Gasteiger partial charge in [-0.05, 0) is 31.8 Å². The normalized spacial score (nSPS) is 11.5. The molecular weight excluding hydrogens is 404 g/mol. The number of imide groups is 1. The minimum absolute atomic E-state index is 0.0758. The molecule has 0 saturated heterocycles. The predicted molar refractivity (Wildman–Crippen MR) is 115 cm³/mol. The highest BCUT2D eigenvalue weighted by Gasteiger charge is 2.25. The molecule has 0 heterocycles. The lowest BCUT2D eigenvalue weighted by molar-refractivity contribution is -0.161. The lowest BCUT2D eigenvalue weighted by Gasteiger charge is -2.23. The van der Waals surface area contributed by atoms with Crippen LogP contribution in [0, 0.1) is 5.92 Å². The molecule has 174 valence electrons. The van der Waals surface area contributed by atoms with E-state index in [0.717, 1.165) is 4.90 Å². The van der Waals surface area contributed by atoms with Crippen LogP contribution in [0.2, 0.25) is 0 Å². The van der Waals surface area contributed by atoms with Crippen LogP contribution in [0.4, 0.5) is 0 Å². The van der Waals surface area contributed by atoms with Crippen molar-refractivity contribution in [1.29, 1.82) is 0 Å². The molecule has 0 fully saturated rings. The first-order valence-electron chi connectivity index (χ1n) is 10.2. The van der Waals surface area contributed by atoms with Crippen LogP contribution in [-0.4, -0.2) is 54.1 Å². The smallest absolute Gasteiger partial charge is 0.354 e. The van der Waals surface area contributed by atoms with E-state index < -0.39 is 17.9 Å². The molecule has 31 heavy (non-hydrogen) atoms. The molecule has 0 bridgehead atoms. The van der Waals surface area contributed by atoms with Gasteiger partial charge in [-0.2, -0.15) is 5.48 Å². The summed E-state index contributed by atoms with van der Waals surface area (Å²) in [6, 6.07) is -0.759. The van der Waals surface area contributed by atoms with Gasteiger partial charge in [0.2, 0.25) is 12.3 Å². The summed E-state index contributed by atoms with van der Waals surface area (Å²) in [4.78, 5) is 64.0. The van der Waals surface area contributed by atoms with Gasteiger partial charge in [-0.25, -0.2) is 4.79 Å². The average Bonchev–Trinajstić information content (AvgIpc) is 2.72. The van der Waals surface area contributed by atoms with Crippen molar-refractivity contribution < 1.29 is 28.8 Å². The highest BCUT2D eigenvalue weighted by atomic mass is 16.7. The third-order valence-electron chi connectivity index (χ3n) is 4.04.